The first-order chi connectivity index (χ1) is 30.0. The van der Waals surface area contributed by atoms with Crippen LogP contribution in [0.4, 0.5) is 0 Å². The maximum atomic E-state index is 6.79. The second kappa shape index (κ2) is 41.4. The van der Waals surface area contributed by atoms with Crippen LogP contribution < -0.4 is 0 Å². The molecule has 0 saturated heterocycles. The van der Waals surface area contributed by atoms with Gasteiger partial charge in [0.1, 0.15) is 0 Å². The summed E-state index contributed by atoms with van der Waals surface area (Å²) in [5.41, 5.74) is 0. The average Bonchev–Trinajstić information content (AvgIpc) is 3.18. The highest BCUT2D eigenvalue weighted by atomic mass is 35.5. The quantitative estimate of drug-likeness (QED) is 0.0346. The van der Waals surface area contributed by atoms with Crippen molar-refractivity contribution in [2.75, 3.05) is 25.0 Å². The van der Waals surface area contributed by atoms with Gasteiger partial charge >= 0.3 is 0 Å². The molecule has 14 atom stereocenters. The van der Waals surface area contributed by atoms with Crippen LogP contribution in [0.3, 0.4) is 0 Å². The minimum absolute atomic E-state index is 0.168. The van der Waals surface area contributed by atoms with Crippen molar-refractivity contribution in [2.45, 2.75) is 276 Å². The van der Waals surface area contributed by atoms with Crippen LogP contribution in [0, 0.1) is 71.0 Å². The van der Waals surface area contributed by atoms with E-state index >= 15 is 0 Å². The van der Waals surface area contributed by atoms with E-state index in [1.54, 1.807) is 0 Å². The molecule has 0 aliphatic rings. The molecule has 5 heteroatoms. The Morgan fingerprint density at radius 1 is 0.286 bits per heavy atom. The normalized spacial score (nSPS) is 19.0. The van der Waals surface area contributed by atoms with Crippen LogP contribution in [0.15, 0.2) is 0 Å². The smallest absolute Gasteiger partial charge is 0.160 e. The van der Waals surface area contributed by atoms with E-state index in [4.69, 9.17) is 37.4 Å². The summed E-state index contributed by atoms with van der Waals surface area (Å²) in [5.74, 6) is 11.0. The van der Waals surface area contributed by atoms with Crippen LogP contribution in [0.5, 0.6) is 0 Å². The van der Waals surface area contributed by atoms with E-state index in [0.717, 1.165) is 147 Å². The molecule has 0 rings (SSSR count). The van der Waals surface area contributed by atoms with Crippen molar-refractivity contribution in [3.63, 3.8) is 0 Å². The summed E-state index contributed by atoms with van der Waals surface area (Å²) in [4.78, 5) is 0. The summed E-state index contributed by atoms with van der Waals surface area (Å²) in [6, 6.07) is 0. The molecule has 0 spiro atoms. The Labute approximate surface area is 407 Å². The van der Waals surface area contributed by atoms with Crippen molar-refractivity contribution >= 4 is 23.2 Å². The number of ether oxygens (including phenoxy) is 3. The van der Waals surface area contributed by atoms with Gasteiger partial charge in [0.05, 0.1) is 0 Å². The highest BCUT2D eigenvalue weighted by Crippen LogP contribution is 2.32. The molecule has 0 bridgehead atoms. The molecule has 0 radical (unpaired) electrons. The summed E-state index contributed by atoms with van der Waals surface area (Å²) < 4.78 is 19.8. The van der Waals surface area contributed by atoms with Crippen LogP contribution in [-0.4, -0.2) is 37.6 Å². The first kappa shape index (κ1) is 63.5. The number of rotatable bonds is 46. The van der Waals surface area contributed by atoms with Gasteiger partial charge in [0, 0.05) is 25.0 Å². The van der Waals surface area contributed by atoms with Gasteiger partial charge in [0.25, 0.3) is 0 Å². The zero-order chi connectivity index (χ0) is 47.4. The number of halogens is 2. The van der Waals surface area contributed by atoms with E-state index in [1.807, 2.05) is 0 Å². The molecule has 0 N–H and O–H groups in total. The highest BCUT2D eigenvalue weighted by molar-refractivity contribution is 6.18. The van der Waals surface area contributed by atoms with Gasteiger partial charge in [0.15, 0.2) is 12.6 Å². The second-order valence-electron chi connectivity index (χ2n) is 23.3. The number of unbranched alkanes of at least 4 members (excludes halogenated alkanes) is 4. The van der Waals surface area contributed by atoms with Gasteiger partial charge in [0.2, 0.25) is 0 Å². The molecule has 63 heavy (non-hydrogen) atoms. The van der Waals surface area contributed by atoms with E-state index in [2.05, 4.69) is 96.9 Å². The zero-order valence-electron chi connectivity index (χ0n) is 45.3. The molecule has 0 amide bonds. The largest absolute Gasteiger partial charge is 0.353 e. The molecule has 3 nitrogen and oxygen atoms in total. The van der Waals surface area contributed by atoms with Gasteiger partial charge < -0.3 is 14.2 Å². The minimum Gasteiger partial charge on any atom is -0.353 e. The third-order valence-electron chi connectivity index (χ3n) is 14.4. The van der Waals surface area contributed by atoms with Crippen molar-refractivity contribution in [3.8, 4) is 0 Å². The first-order valence-electron chi connectivity index (χ1n) is 28.0. The Hall–Kier alpha value is 0.460. The topological polar surface area (TPSA) is 27.7 Å². The zero-order valence-corrected chi connectivity index (χ0v) is 46.8. The van der Waals surface area contributed by atoms with Crippen LogP contribution in [0.2, 0.25) is 0 Å². The number of hydrogen-bond donors (Lipinski definition) is 0. The maximum Gasteiger partial charge on any atom is 0.160 e. The predicted octanol–water partition coefficient (Wildman–Crippen LogP) is 20.0. The first-order valence-corrected chi connectivity index (χ1v) is 29.1. The van der Waals surface area contributed by atoms with Gasteiger partial charge in [-0.3, -0.25) is 0 Å². The van der Waals surface area contributed by atoms with E-state index in [9.17, 15) is 0 Å². The predicted molar refractivity (Wildman–Crippen MR) is 283 cm³/mol. The van der Waals surface area contributed by atoms with Crippen LogP contribution in [-0.2, 0) is 14.2 Å². The summed E-state index contributed by atoms with van der Waals surface area (Å²) >= 11 is 11.9. The minimum atomic E-state index is -0.168. The maximum absolute atomic E-state index is 6.79. The summed E-state index contributed by atoms with van der Waals surface area (Å²) in [7, 11) is 0. The molecular formula is C58H116Cl2O3. The van der Waals surface area contributed by atoms with Crippen molar-refractivity contribution in [3.05, 3.63) is 0 Å². The summed E-state index contributed by atoms with van der Waals surface area (Å²) in [6.45, 7) is 35.8. The fourth-order valence-electron chi connectivity index (χ4n) is 11.9. The van der Waals surface area contributed by atoms with Crippen LogP contribution in [0.1, 0.15) is 264 Å². The van der Waals surface area contributed by atoms with Crippen LogP contribution >= 0.6 is 23.2 Å². The molecule has 0 heterocycles. The average molecular weight is 932 g/mol. The Kier molecular flexibility index (Phi) is 41.7. The molecule has 0 aromatic heterocycles. The fraction of sp³-hybridized carbons (Fsp3) is 1.00. The Balaban J connectivity index is 5.00. The molecule has 0 saturated carbocycles. The van der Waals surface area contributed by atoms with Crippen molar-refractivity contribution < 1.29 is 14.2 Å². The van der Waals surface area contributed by atoms with Crippen molar-refractivity contribution in [1.29, 1.82) is 0 Å². The number of hydrogen-bond acceptors (Lipinski definition) is 3. The van der Waals surface area contributed by atoms with Gasteiger partial charge in [-0.2, -0.15) is 0 Å². The van der Waals surface area contributed by atoms with Gasteiger partial charge in [-0.15, -0.1) is 23.2 Å². The lowest BCUT2D eigenvalue weighted by Crippen LogP contribution is -2.28. The molecular weight excluding hydrogens is 816 g/mol. The van der Waals surface area contributed by atoms with Crippen molar-refractivity contribution in [1.82, 2.24) is 0 Å². The van der Waals surface area contributed by atoms with Gasteiger partial charge in [-0.1, -0.05) is 135 Å². The van der Waals surface area contributed by atoms with Crippen LogP contribution in [0.25, 0.3) is 0 Å². The Morgan fingerprint density at radius 3 is 0.762 bits per heavy atom. The SMILES string of the molecule is CCCCCOC(CCCC(C)CC(C)CC(C)CC(C)CC(C)CC(C)CCCCl)OC(CCCC(C)CC(C)CC(C)CC(C)CC(C)CC(C)CCCCl)OCCCCC. The summed E-state index contributed by atoms with van der Waals surface area (Å²) in [6.07, 6.45) is 31.8. The molecule has 0 aromatic carbocycles. The summed E-state index contributed by atoms with van der Waals surface area (Å²) in [5, 5.41) is 0. The number of alkyl halides is 2. The Bertz CT molecular complexity index is 890. The van der Waals surface area contributed by atoms with E-state index in [-0.39, 0.29) is 12.6 Å². The second-order valence-corrected chi connectivity index (χ2v) is 24.1. The lowest BCUT2D eigenvalue weighted by molar-refractivity contribution is -0.250. The highest BCUT2D eigenvalue weighted by Gasteiger charge is 2.22. The standard InChI is InChI=1S/C58H116Cl2O3/c1-15-17-19-33-61-57(29-21-25-45(3)35-49(7)39-53(11)43-55(13)41-51(9)37-47(5)27-23-31-59)63-58(62-34-20-18-16-2)30-22-26-46(4)36-50(8)40-54(12)44-56(14)42-52(10)38-48(6)28-24-32-60/h45-58H,15-44H2,1-14H3. The molecule has 0 fully saturated rings. The van der Waals surface area contributed by atoms with E-state index < -0.39 is 0 Å². The van der Waals surface area contributed by atoms with E-state index in [0.29, 0.717) is 0 Å². The third kappa shape index (κ3) is 39.1. The Morgan fingerprint density at radius 2 is 0.524 bits per heavy atom. The van der Waals surface area contributed by atoms with Crippen molar-refractivity contribution in [2.24, 2.45) is 71.0 Å². The lowest BCUT2D eigenvalue weighted by atomic mass is 9.81. The van der Waals surface area contributed by atoms with E-state index in [1.165, 1.54) is 116 Å². The molecule has 0 aromatic rings. The van der Waals surface area contributed by atoms with Gasteiger partial charge in [-0.05, 0) is 199 Å². The molecule has 0 aliphatic carbocycles. The third-order valence-corrected chi connectivity index (χ3v) is 14.9. The monoisotopic (exact) mass is 931 g/mol. The molecule has 0 aliphatic heterocycles. The van der Waals surface area contributed by atoms with Gasteiger partial charge in [-0.25, -0.2) is 0 Å². The molecule has 380 valence electrons. The lowest BCUT2D eigenvalue weighted by Gasteiger charge is -2.27. The fourth-order valence-corrected chi connectivity index (χ4v) is 12.2. The molecule has 14 unspecified atom stereocenters.